The molecule has 1 unspecified atom stereocenters. The number of esters is 2. The summed E-state index contributed by atoms with van der Waals surface area (Å²) in [6, 6.07) is 2.27. The van der Waals surface area contributed by atoms with Gasteiger partial charge in [0.05, 0.1) is 18.8 Å². The number of guanidine groups is 1. The molecule has 1 aliphatic rings. The molecule has 1 aromatic carbocycles. The van der Waals surface area contributed by atoms with E-state index >= 15 is 0 Å². The van der Waals surface area contributed by atoms with Gasteiger partial charge in [0.25, 0.3) is 0 Å². The molecule has 0 aromatic heterocycles. The number of fused-ring (bicyclic) bond motifs is 1. The molecule has 0 fully saturated rings. The van der Waals surface area contributed by atoms with Crippen molar-refractivity contribution in [2.24, 2.45) is 16.5 Å². The van der Waals surface area contributed by atoms with Crippen LogP contribution in [0.1, 0.15) is 43.7 Å². The van der Waals surface area contributed by atoms with E-state index in [2.05, 4.69) is 26.2 Å². The fourth-order valence-corrected chi connectivity index (χ4v) is 4.17. The van der Waals surface area contributed by atoms with Gasteiger partial charge in [-0.2, -0.15) is 13.2 Å². The van der Waals surface area contributed by atoms with Crippen LogP contribution in [0.25, 0.3) is 6.08 Å². The highest BCUT2D eigenvalue weighted by Gasteiger charge is 2.49. The predicted molar refractivity (Wildman–Crippen MR) is 136 cm³/mol. The third kappa shape index (κ3) is 9.54. The minimum absolute atomic E-state index is 0.0436. The number of carbonyl (C=O) groups is 3. The molecule has 2 rings (SSSR count). The number of aliphatic imine (C=N–C) groups is 1. The first kappa shape index (κ1) is 30.9. The fourth-order valence-electron chi connectivity index (χ4n) is 3.58. The zero-order chi connectivity index (χ0) is 28.5. The lowest BCUT2D eigenvalue weighted by Gasteiger charge is -2.29. The van der Waals surface area contributed by atoms with Crippen molar-refractivity contribution < 1.29 is 41.8 Å². The van der Waals surface area contributed by atoms with Crippen molar-refractivity contribution in [2.45, 2.75) is 57.9 Å². The number of alkyl halides is 3. The van der Waals surface area contributed by atoms with Gasteiger partial charge in [-0.15, -0.1) is 0 Å². The van der Waals surface area contributed by atoms with Crippen LogP contribution in [0.2, 0.25) is 0 Å². The molecule has 210 valence electrons. The van der Waals surface area contributed by atoms with Gasteiger partial charge in [0.1, 0.15) is 11.8 Å². The number of nitrogens with zero attached hydrogens (tertiary/aromatic N) is 1. The van der Waals surface area contributed by atoms with Crippen molar-refractivity contribution in [3.05, 3.63) is 33.3 Å². The zero-order valence-electron chi connectivity index (χ0n) is 20.9. The van der Waals surface area contributed by atoms with Crippen LogP contribution >= 0.6 is 15.9 Å². The van der Waals surface area contributed by atoms with Crippen LogP contribution < -0.4 is 21.5 Å². The highest BCUT2D eigenvalue weighted by Crippen LogP contribution is 2.40. The molecule has 0 aliphatic carbocycles. The van der Waals surface area contributed by atoms with Gasteiger partial charge < -0.3 is 31.0 Å². The number of aryl methyl sites for hydroxylation is 1. The molecule has 2 atom stereocenters. The minimum Gasteiger partial charge on any atom is -0.475 e. The number of amides is 1. The lowest BCUT2D eigenvalue weighted by atomic mass is 9.99. The average Bonchev–Trinajstić information content (AvgIpc) is 2.81. The SMILES string of the molecule is CC(=O)N[C@@H](CCCN=C(N)N)C(=O)OCCCCOC(=O)C1=Cc2cc(Br)cc(C)c2OC1C(F)(F)F. The Balaban J connectivity index is 1.87. The summed E-state index contributed by atoms with van der Waals surface area (Å²) in [5, 5.41) is 2.49. The third-order valence-corrected chi connectivity index (χ3v) is 5.71. The van der Waals surface area contributed by atoms with Gasteiger partial charge in [0.15, 0.2) is 5.96 Å². The van der Waals surface area contributed by atoms with E-state index in [-0.39, 0.29) is 50.7 Å². The first-order chi connectivity index (χ1) is 17.8. The molecule has 38 heavy (non-hydrogen) atoms. The van der Waals surface area contributed by atoms with Gasteiger partial charge in [-0.3, -0.25) is 9.79 Å². The van der Waals surface area contributed by atoms with Crippen molar-refractivity contribution in [1.82, 2.24) is 5.32 Å². The van der Waals surface area contributed by atoms with Crippen molar-refractivity contribution in [2.75, 3.05) is 19.8 Å². The molecule has 0 radical (unpaired) electrons. The number of hydrogen-bond donors (Lipinski definition) is 3. The van der Waals surface area contributed by atoms with Crippen LogP contribution in [-0.2, 0) is 23.9 Å². The molecule has 0 saturated heterocycles. The number of hydrogen-bond acceptors (Lipinski definition) is 7. The summed E-state index contributed by atoms with van der Waals surface area (Å²) in [6.07, 6.45) is -5.00. The Labute approximate surface area is 226 Å². The van der Waals surface area contributed by atoms with E-state index in [1.54, 1.807) is 19.1 Å². The molecular weight excluding hydrogens is 577 g/mol. The molecule has 0 saturated carbocycles. The lowest BCUT2D eigenvalue weighted by molar-refractivity contribution is -0.188. The van der Waals surface area contributed by atoms with E-state index in [4.69, 9.17) is 25.7 Å². The van der Waals surface area contributed by atoms with E-state index in [1.165, 1.54) is 6.92 Å². The van der Waals surface area contributed by atoms with E-state index in [0.717, 1.165) is 6.08 Å². The lowest BCUT2D eigenvalue weighted by Crippen LogP contribution is -2.41. The van der Waals surface area contributed by atoms with E-state index < -0.39 is 41.7 Å². The molecular formula is C24H30BrF3N4O6. The second-order valence-corrected chi connectivity index (χ2v) is 9.41. The summed E-state index contributed by atoms with van der Waals surface area (Å²) in [6.45, 7) is 2.90. The largest absolute Gasteiger partial charge is 0.475 e. The third-order valence-electron chi connectivity index (χ3n) is 5.25. The van der Waals surface area contributed by atoms with Crippen LogP contribution in [0.3, 0.4) is 0 Å². The van der Waals surface area contributed by atoms with Gasteiger partial charge in [-0.1, -0.05) is 15.9 Å². The fraction of sp³-hybridized carbons (Fsp3) is 0.500. The molecule has 10 nitrogen and oxygen atoms in total. The van der Waals surface area contributed by atoms with Crippen molar-refractivity contribution >= 4 is 45.8 Å². The highest BCUT2D eigenvalue weighted by molar-refractivity contribution is 9.10. The van der Waals surface area contributed by atoms with Gasteiger partial charge in [0.2, 0.25) is 12.0 Å². The standard InChI is InChI=1S/C24H30BrF3N4O6/c1-13-10-16(25)11-15-12-17(20(24(26,27)28)38-19(13)15)21(34)36-8-3-4-9-37-22(35)18(32-14(2)33)6-5-7-31-23(29)30/h10-12,18,20H,3-9H2,1-2H3,(H,32,33)(H4,29,30,31)/t18-,20?/m0/s1. The van der Waals surface area contributed by atoms with Gasteiger partial charge >= 0.3 is 18.1 Å². The Hall–Kier alpha value is -3.29. The monoisotopic (exact) mass is 606 g/mol. The van der Waals surface area contributed by atoms with E-state index in [1.807, 2.05) is 0 Å². The minimum atomic E-state index is -4.83. The maximum absolute atomic E-state index is 13.6. The maximum atomic E-state index is 13.6. The topological polar surface area (TPSA) is 155 Å². The second kappa shape index (κ2) is 14.0. The Morgan fingerprint density at radius 3 is 2.42 bits per heavy atom. The van der Waals surface area contributed by atoms with E-state index in [0.29, 0.717) is 22.0 Å². The molecule has 14 heteroatoms. The summed E-state index contributed by atoms with van der Waals surface area (Å²) >= 11 is 3.28. The summed E-state index contributed by atoms with van der Waals surface area (Å²) in [5.41, 5.74) is 10.6. The van der Waals surface area contributed by atoms with Crippen molar-refractivity contribution in [1.29, 1.82) is 0 Å². The number of benzene rings is 1. The summed E-state index contributed by atoms with van der Waals surface area (Å²) < 4.78 is 56.9. The Kier molecular flexibility index (Phi) is 11.4. The Morgan fingerprint density at radius 1 is 1.16 bits per heavy atom. The molecule has 5 N–H and O–H groups in total. The summed E-state index contributed by atoms with van der Waals surface area (Å²) in [5.74, 6) is -2.26. The summed E-state index contributed by atoms with van der Waals surface area (Å²) in [4.78, 5) is 40.0. The molecule has 1 amide bonds. The molecule has 1 aromatic rings. The quantitative estimate of drug-likeness (QED) is 0.142. The molecule has 0 spiro atoms. The number of rotatable bonds is 12. The zero-order valence-corrected chi connectivity index (χ0v) is 22.5. The number of nitrogens with two attached hydrogens (primary N) is 2. The van der Waals surface area contributed by atoms with Crippen LogP contribution in [0, 0.1) is 6.92 Å². The van der Waals surface area contributed by atoms with E-state index in [9.17, 15) is 27.6 Å². The normalized spacial score (nSPS) is 15.3. The van der Waals surface area contributed by atoms with Crippen molar-refractivity contribution in [3.8, 4) is 5.75 Å². The Bertz CT molecular complexity index is 1090. The van der Waals surface area contributed by atoms with Gasteiger partial charge in [-0.25, -0.2) is 9.59 Å². The predicted octanol–water partition coefficient (Wildman–Crippen LogP) is 2.89. The van der Waals surface area contributed by atoms with Crippen LogP contribution in [0.4, 0.5) is 13.2 Å². The summed E-state index contributed by atoms with van der Waals surface area (Å²) in [7, 11) is 0. The average molecular weight is 607 g/mol. The number of halogens is 4. The molecule has 1 heterocycles. The first-order valence-corrected chi connectivity index (χ1v) is 12.5. The number of unbranched alkanes of at least 4 members (excludes halogenated alkanes) is 1. The van der Waals surface area contributed by atoms with Crippen molar-refractivity contribution in [3.63, 3.8) is 0 Å². The van der Waals surface area contributed by atoms with Crippen LogP contribution in [0.5, 0.6) is 5.75 Å². The van der Waals surface area contributed by atoms with Crippen LogP contribution in [0.15, 0.2) is 27.2 Å². The second-order valence-electron chi connectivity index (χ2n) is 8.49. The number of carbonyl (C=O) groups excluding carboxylic acids is 3. The number of ether oxygens (including phenoxy) is 3. The maximum Gasteiger partial charge on any atom is 0.430 e. The Morgan fingerprint density at radius 2 is 1.82 bits per heavy atom. The smallest absolute Gasteiger partial charge is 0.430 e. The van der Waals surface area contributed by atoms with Gasteiger partial charge in [-0.05, 0) is 56.4 Å². The molecule has 1 aliphatic heterocycles. The van der Waals surface area contributed by atoms with Crippen LogP contribution in [-0.4, -0.2) is 61.9 Å². The first-order valence-electron chi connectivity index (χ1n) is 11.7. The molecule has 0 bridgehead atoms. The van der Waals surface area contributed by atoms with Gasteiger partial charge in [0, 0.05) is 23.5 Å². The number of nitrogens with one attached hydrogen (secondary N) is 1. The highest BCUT2D eigenvalue weighted by atomic mass is 79.9.